The molecule has 1 heterocycles. The van der Waals surface area contributed by atoms with Gasteiger partial charge in [-0.2, -0.15) is 0 Å². The Morgan fingerprint density at radius 3 is 2.67 bits per heavy atom. The fourth-order valence-electron chi connectivity index (χ4n) is 2.99. The molecule has 3 N–H and O–H groups in total. The molecule has 0 saturated heterocycles. The van der Waals surface area contributed by atoms with Crippen molar-refractivity contribution in [3.05, 3.63) is 58.1 Å². The second-order valence-corrected chi connectivity index (χ2v) is 6.14. The number of hydrogen-bond donors (Lipinski definition) is 2. The van der Waals surface area contributed by atoms with E-state index < -0.39 is 0 Å². The Kier molecular flexibility index (Phi) is 3.79. The standard InChI is InChI=1S/C17H19ClN2O/c1-20-7-6-12-8-16(18)17(21)9-14(12)15(10-20)11-2-4-13(19)5-3-11/h2-5,8-9,15,21H,6-7,10,19H2,1H3. The molecule has 0 spiro atoms. The summed E-state index contributed by atoms with van der Waals surface area (Å²) in [4.78, 5) is 2.31. The zero-order chi connectivity index (χ0) is 15.0. The summed E-state index contributed by atoms with van der Waals surface area (Å²) in [6.07, 6.45) is 0.942. The Balaban J connectivity index is 2.11. The van der Waals surface area contributed by atoms with E-state index in [9.17, 15) is 5.11 Å². The van der Waals surface area contributed by atoms with Gasteiger partial charge in [0.1, 0.15) is 5.75 Å². The van der Waals surface area contributed by atoms with Gasteiger partial charge in [-0.05, 0) is 54.4 Å². The van der Waals surface area contributed by atoms with Crippen LogP contribution in [0.2, 0.25) is 5.02 Å². The van der Waals surface area contributed by atoms with Crippen molar-refractivity contribution in [3.63, 3.8) is 0 Å². The summed E-state index contributed by atoms with van der Waals surface area (Å²) in [5.41, 5.74) is 10.1. The Morgan fingerprint density at radius 1 is 1.24 bits per heavy atom. The van der Waals surface area contributed by atoms with Gasteiger partial charge in [0.2, 0.25) is 0 Å². The minimum absolute atomic E-state index is 0.153. The highest BCUT2D eigenvalue weighted by Gasteiger charge is 2.24. The molecule has 0 amide bonds. The van der Waals surface area contributed by atoms with E-state index in [0.29, 0.717) is 5.02 Å². The van der Waals surface area contributed by atoms with Gasteiger partial charge >= 0.3 is 0 Å². The van der Waals surface area contributed by atoms with Crippen LogP contribution in [-0.4, -0.2) is 30.1 Å². The van der Waals surface area contributed by atoms with E-state index in [1.807, 2.05) is 24.3 Å². The number of fused-ring (bicyclic) bond motifs is 1. The third-order valence-electron chi connectivity index (χ3n) is 4.18. The summed E-state index contributed by atoms with van der Waals surface area (Å²) in [6, 6.07) is 11.7. The Morgan fingerprint density at radius 2 is 1.95 bits per heavy atom. The summed E-state index contributed by atoms with van der Waals surface area (Å²) in [7, 11) is 2.12. The molecule has 1 atom stereocenters. The average Bonchev–Trinajstić information content (AvgIpc) is 2.61. The van der Waals surface area contributed by atoms with E-state index >= 15 is 0 Å². The number of benzene rings is 2. The lowest BCUT2D eigenvalue weighted by atomic mass is 9.88. The van der Waals surface area contributed by atoms with Crippen molar-refractivity contribution in [3.8, 4) is 5.75 Å². The lowest BCUT2D eigenvalue weighted by Gasteiger charge is -2.22. The van der Waals surface area contributed by atoms with Crippen molar-refractivity contribution in [2.75, 3.05) is 25.9 Å². The van der Waals surface area contributed by atoms with Crippen LogP contribution in [0, 0.1) is 0 Å². The maximum Gasteiger partial charge on any atom is 0.134 e. The molecule has 1 aliphatic rings. The van der Waals surface area contributed by atoms with Gasteiger partial charge in [0.05, 0.1) is 5.02 Å². The molecule has 0 aliphatic carbocycles. The van der Waals surface area contributed by atoms with E-state index in [1.165, 1.54) is 11.1 Å². The van der Waals surface area contributed by atoms with Gasteiger partial charge in [-0.25, -0.2) is 0 Å². The normalized spacial score (nSPS) is 19.0. The zero-order valence-corrected chi connectivity index (χ0v) is 12.8. The Labute approximate surface area is 130 Å². The Bertz CT molecular complexity index is 655. The van der Waals surface area contributed by atoms with E-state index in [2.05, 4.69) is 24.1 Å². The predicted octanol–water partition coefficient (Wildman–Crippen LogP) is 3.25. The first-order valence-corrected chi connectivity index (χ1v) is 7.47. The van der Waals surface area contributed by atoms with Crippen molar-refractivity contribution in [1.82, 2.24) is 4.90 Å². The smallest absolute Gasteiger partial charge is 0.134 e. The number of nitrogen functional groups attached to an aromatic ring is 1. The second-order valence-electron chi connectivity index (χ2n) is 5.73. The predicted molar refractivity (Wildman–Crippen MR) is 87.0 cm³/mol. The summed E-state index contributed by atoms with van der Waals surface area (Å²) < 4.78 is 0. The van der Waals surface area contributed by atoms with E-state index in [-0.39, 0.29) is 11.7 Å². The van der Waals surface area contributed by atoms with Crippen LogP contribution in [0.5, 0.6) is 5.75 Å². The van der Waals surface area contributed by atoms with Crippen LogP contribution in [0.4, 0.5) is 5.69 Å². The lowest BCUT2D eigenvalue weighted by Crippen LogP contribution is -2.24. The molecule has 0 saturated carbocycles. The van der Waals surface area contributed by atoms with Crippen molar-refractivity contribution in [2.45, 2.75) is 12.3 Å². The molecule has 110 valence electrons. The maximum absolute atomic E-state index is 9.98. The zero-order valence-electron chi connectivity index (χ0n) is 12.0. The SMILES string of the molecule is CN1CCc2cc(Cl)c(O)cc2C(c2ccc(N)cc2)C1. The van der Waals surface area contributed by atoms with Gasteiger partial charge in [0.25, 0.3) is 0 Å². The van der Waals surface area contributed by atoms with Gasteiger partial charge < -0.3 is 15.7 Å². The van der Waals surface area contributed by atoms with Crippen LogP contribution in [0.25, 0.3) is 0 Å². The third kappa shape index (κ3) is 2.85. The molecular formula is C17H19ClN2O. The first-order valence-electron chi connectivity index (χ1n) is 7.10. The molecule has 1 unspecified atom stereocenters. The van der Waals surface area contributed by atoms with Crippen LogP contribution >= 0.6 is 11.6 Å². The van der Waals surface area contributed by atoms with Gasteiger partial charge in [0.15, 0.2) is 0 Å². The molecule has 0 aromatic heterocycles. The molecule has 4 heteroatoms. The van der Waals surface area contributed by atoms with Gasteiger partial charge in [-0.15, -0.1) is 0 Å². The summed E-state index contributed by atoms with van der Waals surface area (Å²) >= 11 is 6.07. The van der Waals surface area contributed by atoms with Gasteiger partial charge in [0, 0.05) is 24.7 Å². The van der Waals surface area contributed by atoms with E-state index in [4.69, 9.17) is 17.3 Å². The number of phenolic OH excluding ortho intramolecular Hbond substituents is 1. The van der Waals surface area contributed by atoms with Gasteiger partial charge in [-0.3, -0.25) is 0 Å². The number of hydrogen-bond acceptors (Lipinski definition) is 3. The highest BCUT2D eigenvalue weighted by atomic mass is 35.5. The average molecular weight is 303 g/mol. The number of nitrogens with two attached hydrogens (primary N) is 1. The first kappa shape index (κ1) is 14.2. The highest BCUT2D eigenvalue weighted by Crippen LogP contribution is 2.36. The first-order chi connectivity index (χ1) is 10.0. The largest absolute Gasteiger partial charge is 0.506 e. The van der Waals surface area contributed by atoms with Crippen molar-refractivity contribution >= 4 is 17.3 Å². The minimum Gasteiger partial charge on any atom is -0.506 e. The van der Waals surface area contributed by atoms with Crippen LogP contribution in [0.1, 0.15) is 22.6 Å². The molecule has 0 bridgehead atoms. The van der Waals surface area contributed by atoms with Crippen LogP contribution in [0.15, 0.2) is 36.4 Å². The summed E-state index contributed by atoms with van der Waals surface area (Å²) in [5.74, 6) is 0.372. The van der Waals surface area contributed by atoms with Crippen molar-refractivity contribution in [2.24, 2.45) is 0 Å². The molecule has 0 radical (unpaired) electrons. The monoisotopic (exact) mass is 302 g/mol. The summed E-state index contributed by atoms with van der Waals surface area (Å²) in [5, 5.41) is 10.4. The third-order valence-corrected chi connectivity index (χ3v) is 4.48. The fraction of sp³-hybridized carbons (Fsp3) is 0.294. The number of rotatable bonds is 1. The topological polar surface area (TPSA) is 49.5 Å². The molecule has 2 aromatic carbocycles. The number of aromatic hydroxyl groups is 1. The van der Waals surface area contributed by atoms with Crippen LogP contribution in [-0.2, 0) is 6.42 Å². The second kappa shape index (κ2) is 5.58. The molecule has 1 aliphatic heterocycles. The van der Waals surface area contributed by atoms with E-state index in [0.717, 1.165) is 30.8 Å². The number of phenols is 1. The lowest BCUT2D eigenvalue weighted by molar-refractivity contribution is 0.338. The molecule has 3 rings (SSSR count). The Hall–Kier alpha value is -1.71. The van der Waals surface area contributed by atoms with Crippen LogP contribution in [0.3, 0.4) is 0 Å². The molecule has 3 nitrogen and oxygen atoms in total. The van der Waals surface area contributed by atoms with Crippen molar-refractivity contribution < 1.29 is 5.11 Å². The van der Waals surface area contributed by atoms with Crippen molar-refractivity contribution in [1.29, 1.82) is 0 Å². The molecular weight excluding hydrogens is 284 g/mol. The van der Waals surface area contributed by atoms with Gasteiger partial charge in [-0.1, -0.05) is 23.7 Å². The number of halogens is 1. The van der Waals surface area contributed by atoms with E-state index in [1.54, 1.807) is 0 Å². The fourth-order valence-corrected chi connectivity index (χ4v) is 3.17. The minimum atomic E-state index is 0.153. The number of nitrogens with zero attached hydrogens (tertiary/aromatic N) is 1. The summed E-state index contributed by atoms with van der Waals surface area (Å²) in [6.45, 7) is 1.90. The highest BCUT2D eigenvalue weighted by molar-refractivity contribution is 6.32. The molecule has 2 aromatic rings. The molecule has 0 fully saturated rings. The maximum atomic E-state index is 9.98. The number of anilines is 1. The quantitative estimate of drug-likeness (QED) is 0.795. The molecule has 21 heavy (non-hydrogen) atoms. The number of likely N-dealkylation sites (N-methyl/N-ethyl adjacent to an activating group) is 1. The van der Waals surface area contributed by atoms with Crippen LogP contribution < -0.4 is 5.73 Å².